The molecule has 0 unspecified atom stereocenters. The average Bonchev–Trinajstić information content (AvgIpc) is 3.54. The van der Waals surface area contributed by atoms with E-state index in [1.54, 1.807) is 19.1 Å². The highest BCUT2D eigenvalue weighted by Crippen LogP contribution is 2.28. The fraction of sp³-hybridized carbons (Fsp3) is 0.968. The van der Waals surface area contributed by atoms with Crippen LogP contribution in [0.3, 0.4) is 0 Å². The number of likely N-dealkylation sites (tertiary alicyclic amines) is 1. The summed E-state index contributed by atoms with van der Waals surface area (Å²) in [5.74, 6) is 1.72. The van der Waals surface area contributed by atoms with Crippen molar-refractivity contribution in [1.29, 1.82) is 0 Å². The van der Waals surface area contributed by atoms with Gasteiger partial charge in [-0.25, -0.2) is 4.79 Å². The summed E-state index contributed by atoms with van der Waals surface area (Å²) >= 11 is 0. The standard InChI is InChI=1S/C18H33NO4.C13H25NO2/c1-13-6-8-15(9-7-13)22-12-14-10-16(21-5)11-19(14)17(20)23-18(2,3)4;1-10-3-5-12(6-4-10)16-9-11-7-13(15-2)8-14-11/h13-16H,6-12H2,1-5H3;10-14H,3-9H2,1-2H3/t13?,14-,15?,16-;10?,11-,12?,13-/m00/s1. The molecule has 228 valence electrons. The summed E-state index contributed by atoms with van der Waals surface area (Å²) < 4.78 is 28.4. The summed E-state index contributed by atoms with van der Waals surface area (Å²) in [6.45, 7) is 13.3. The minimum absolute atomic E-state index is 0.0501. The first kappa shape index (κ1) is 32.6. The molecule has 4 aliphatic rings. The molecule has 2 aliphatic heterocycles. The van der Waals surface area contributed by atoms with Gasteiger partial charge in [-0.05, 0) is 96.8 Å². The lowest BCUT2D eigenvalue weighted by molar-refractivity contribution is -0.0182. The molecule has 2 heterocycles. The monoisotopic (exact) mass is 554 g/mol. The summed E-state index contributed by atoms with van der Waals surface area (Å²) in [5.41, 5.74) is -0.479. The summed E-state index contributed by atoms with van der Waals surface area (Å²) in [6, 6.07) is 0.554. The quantitative estimate of drug-likeness (QED) is 0.421. The van der Waals surface area contributed by atoms with Gasteiger partial charge >= 0.3 is 6.09 Å². The Balaban J connectivity index is 0.000000230. The molecule has 4 rings (SSSR count). The maximum Gasteiger partial charge on any atom is 0.410 e. The van der Waals surface area contributed by atoms with E-state index in [1.807, 2.05) is 20.8 Å². The van der Waals surface area contributed by atoms with Gasteiger partial charge in [0.1, 0.15) is 5.60 Å². The number of nitrogens with one attached hydrogen (secondary N) is 1. The smallest absolute Gasteiger partial charge is 0.410 e. The summed E-state index contributed by atoms with van der Waals surface area (Å²) in [6.07, 6.45) is 12.9. The summed E-state index contributed by atoms with van der Waals surface area (Å²) in [7, 11) is 3.49. The van der Waals surface area contributed by atoms with Gasteiger partial charge in [0, 0.05) is 26.8 Å². The van der Waals surface area contributed by atoms with Crippen molar-refractivity contribution in [2.75, 3.05) is 40.5 Å². The Hall–Kier alpha value is -0.930. The van der Waals surface area contributed by atoms with E-state index in [2.05, 4.69) is 19.2 Å². The first-order valence-corrected chi connectivity index (χ1v) is 15.6. The minimum Gasteiger partial charge on any atom is -0.444 e. The van der Waals surface area contributed by atoms with Gasteiger partial charge in [0.2, 0.25) is 0 Å². The number of ether oxygens (including phenoxy) is 5. The predicted molar refractivity (Wildman–Crippen MR) is 154 cm³/mol. The number of carbonyl (C=O) groups is 1. The van der Waals surface area contributed by atoms with Gasteiger partial charge in [0.05, 0.1) is 50.2 Å². The maximum absolute atomic E-state index is 12.4. The van der Waals surface area contributed by atoms with Crippen LogP contribution in [0, 0.1) is 11.8 Å². The molecule has 2 saturated heterocycles. The Morgan fingerprint density at radius 3 is 1.79 bits per heavy atom. The molecular formula is C31H58N2O6. The third-order valence-corrected chi connectivity index (χ3v) is 8.84. The molecule has 2 aliphatic carbocycles. The van der Waals surface area contributed by atoms with E-state index in [9.17, 15) is 4.79 Å². The number of carbonyl (C=O) groups excluding carboxylic acids is 1. The molecule has 8 heteroatoms. The van der Waals surface area contributed by atoms with Crippen LogP contribution in [0.4, 0.5) is 4.79 Å². The zero-order valence-corrected chi connectivity index (χ0v) is 25.9. The summed E-state index contributed by atoms with van der Waals surface area (Å²) in [5, 5.41) is 3.46. The minimum atomic E-state index is -0.479. The van der Waals surface area contributed by atoms with Crippen LogP contribution in [0.25, 0.3) is 0 Å². The number of amides is 1. The van der Waals surface area contributed by atoms with Crippen molar-refractivity contribution >= 4 is 6.09 Å². The van der Waals surface area contributed by atoms with Crippen molar-refractivity contribution in [2.45, 2.75) is 141 Å². The molecule has 8 nitrogen and oxygen atoms in total. The van der Waals surface area contributed by atoms with Crippen LogP contribution in [0.5, 0.6) is 0 Å². The second-order valence-electron chi connectivity index (χ2n) is 13.5. The fourth-order valence-corrected chi connectivity index (χ4v) is 6.13. The first-order valence-electron chi connectivity index (χ1n) is 15.6. The van der Waals surface area contributed by atoms with E-state index in [4.69, 9.17) is 23.7 Å². The molecule has 1 N–H and O–H groups in total. The third-order valence-electron chi connectivity index (χ3n) is 8.84. The molecule has 39 heavy (non-hydrogen) atoms. The second-order valence-corrected chi connectivity index (χ2v) is 13.5. The van der Waals surface area contributed by atoms with Crippen molar-refractivity contribution in [2.24, 2.45) is 11.8 Å². The lowest BCUT2D eigenvalue weighted by atomic mass is 9.89. The zero-order chi connectivity index (χ0) is 28.4. The van der Waals surface area contributed by atoms with Crippen LogP contribution >= 0.6 is 0 Å². The molecule has 4 atom stereocenters. The highest BCUT2D eigenvalue weighted by atomic mass is 16.6. The van der Waals surface area contributed by atoms with Crippen molar-refractivity contribution in [3.63, 3.8) is 0 Å². The van der Waals surface area contributed by atoms with Crippen LogP contribution in [-0.4, -0.2) is 93.6 Å². The van der Waals surface area contributed by atoms with E-state index in [0.29, 0.717) is 37.5 Å². The molecule has 0 aromatic carbocycles. The molecule has 0 spiro atoms. The van der Waals surface area contributed by atoms with Crippen molar-refractivity contribution < 1.29 is 28.5 Å². The van der Waals surface area contributed by atoms with Gasteiger partial charge < -0.3 is 33.9 Å². The van der Waals surface area contributed by atoms with Gasteiger partial charge in [0.15, 0.2) is 0 Å². The second kappa shape index (κ2) is 15.9. The average molecular weight is 555 g/mol. The Morgan fingerprint density at radius 1 is 0.769 bits per heavy atom. The Kier molecular flexibility index (Phi) is 13.3. The number of hydrogen-bond donors (Lipinski definition) is 1. The van der Waals surface area contributed by atoms with Crippen LogP contribution < -0.4 is 5.32 Å². The topological polar surface area (TPSA) is 78.5 Å². The van der Waals surface area contributed by atoms with Crippen molar-refractivity contribution in [3.05, 3.63) is 0 Å². The number of rotatable bonds is 8. The molecule has 0 bridgehead atoms. The maximum atomic E-state index is 12.4. The molecule has 1 amide bonds. The van der Waals surface area contributed by atoms with E-state index < -0.39 is 5.60 Å². The van der Waals surface area contributed by atoms with Gasteiger partial charge in [-0.15, -0.1) is 0 Å². The normalized spacial score (nSPS) is 35.4. The fourth-order valence-electron chi connectivity index (χ4n) is 6.13. The molecular weight excluding hydrogens is 496 g/mol. The van der Waals surface area contributed by atoms with Crippen LogP contribution in [0.1, 0.15) is 98.8 Å². The van der Waals surface area contributed by atoms with E-state index in [0.717, 1.165) is 50.7 Å². The van der Waals surface area contributed by atoms with E-state index >= 15 is 0 Å². The SMILES string of the molecule is CO[C@@H]1CN[C@H](COC2CCC(C)CC2)C1.CO[C@H]1C[C@@H](COC2CCC(C)CC2)N(C(=O)OC(C)(C)C)C1. The molecule has 4 fully saturated rings. The lowest BCUT2D eigenvalue weighted by Gasteiger charge is -2.31. The zero-order valence-electron chi connectivity index (χ0n) is 25.9. The molecule has 0 aromatic rings. The molecule has 0 radical (unpaired) electrons. The van der Waals surface area contributed by atoms with Gasteiger partial charge in [-0.2, -0.15) is 0 Å². The summed E-state index contributed by atoms with van der Waals surface area (Å²) in [4.78, 5) is 14.2. The van der Waals surface area contributed by atoms with E-state index in [1.165, 1.54) is 38.5 Å². The number of methoxy groups -OCH3 is 2. The predicted octanol–water partition coefficient (Wildman–Crippen LogP) is 5.56. The molecule has 0 aromatic heterocycles. The van der Waals surface area contributed by atoms with Crippen LogP contribution in [0.15, 0.2) is 0 Å². The number of nitrogens with zero attached hydrogens (tertiary/aromatic N) is 1. The van der Waals surface area contributed by atoms with Crippen molar-refractivity contribution in [3.8, 4) is 0 Å². The van der Waals surface area contributed by atoms with Crippen LogP contribution in [0.2, 0.25) is 0 Å². The Labute approximate surface area is 238 Å². The van der Waals surface area contributed by atoms with Crippen molar-refractivity contribution in [1.82, 2.24) is 10.2 Å². The third kappa shape index (κ3) is 11.5. The van der Waals surface area contributed by atoms with Gasteiger partial charge in [0.25, 0.3) is 0 Å². The van der Waals surface area contributed by atoms with Crippen LogP contribution in [-0.2, 0) is 23.7 Å². The Bertz CT molecular complexity index is 698. The van der Waals surface area contributed by atoms with Gasteiger partial charge in [-0.1, -0.05) is 13.8 Å². The Morgan fingerprint density at radius 2 is 1.31 bits per heavy atom. The largest absolute Gasteiger partial charge is 0.444 e. The first-order chi connectivity index (χ1) is 18.6. The van der Waals surface area contributed by atoms with Gasteiger partial charge in [-0.3, -0.25) is 0 Å². The van der Waals surface area contributed by atoms with E-state index in [-0.39, 0.29) is 18.2 Å². The highest BCUT2D eigenvalue weighted by Gasteiger charge is 2.38. The lowest BCUT2D eigenvalue weighted by Crippen LogP contribution is -2.42. The highest BCUT2D eigenvalue weighted by molar-refractivity contribution is 5.69. The molecule has 2 saturated carbocycles. The number of hydrogen-bond acceptors (Lipinski definition) is 7.